The zero-order valence-corrected chi connectivity index (χ0v) is 16.9. The number of thiazole rings is 1. The zero-order valence-electron chi connectivity index (χ0n) is 16.1. The molecule has 0 fully saturated rings. The summed E-state index contributed by atoms with van der Waals surface area (Å²) in [4.78, 5) is 29.0. The summed E-state index contributed by atoms with van der Waals surface area (Å²) >= 11 is 1.27. The van der Waals surface area contributed by atoms with Crippen LogP contribution in [-0.4, -0.2) is 37.8 Å². The first kappa shape index (κ1) is 19.5. The summed E-state index contributed by atoms with van der Waals surface area (Å²) in [7, 11) is 3.08. The fourth-order valence-electron chi connectivity index (χ4n) is 2.84. The zero-order chi connectivity index (χ0) is 21.1. The van der Waals surface area contributed by atoms with Gasteiger partial charge >= 0.3 is 0 Å². The highest BCUT2D eigenvalue weighted by Gasteiger charge is 2.19. The van der Waals surface area contributed by atoms with Crippen LogP contribution in [0.4, 0.5) is 0 Å². The summed E-state index contributed by atoms with van der Waals surface area (Å²) < 4.78 is 21.2. The maximum Gasteiger partial charge on any atom is 0.289 e. The van der Waals surface area contributed by atoms with E-state index in [1.165, 1.54) is 18.4 Å². The molecule has 0 spiro atoms. The Morgan fingerprint density at radius 2 is 1.83 bits per heavy atom. The molecule has 3 aromatic rings. The molecule has 10 heteroatoms. The Hall–Kier alpha value is -3.79. The number of rotatable bonds is 5. The van der Waals surface area contributed by atoms with E-state index < -0.39 is 11.8 Å². The van der Waals surface area contributed by atoms with Crippen LogP contribution in [-0.2, 0) is 0 Å². The molecule has 0 atom stereocenters. The summed E-state index contributed by atoms with van der Waals surface area (Å²) in [5, 5.41) is 2.18. The van der Waals surface area contributed by atoms with Crippen LogP contribution in [0.5, 0.6) is 23.0 Å². The second kappa shape index (κ2) is 8.29. The van der Waals surface area contributed by atoms with Crippen molar-refractivity contribution in [1.29, 1.82) is 0 Å². The fourth-order valence-corrected chi connectivity index (χ4v) is 3.67. The van der Waals surface area contributed by atoms with E-state index >= 15 is 0 Å². The molecule has 1 aromatic heterocycles. The molecule has 2 amide bonds. The molecule has 0 radical (unpaired) electrons. The number of hydrogen-bond donors (Lipinski definition) is 2. The third-order valence-electron chi connectivity index (χ3n) is 4.29. The number of fused-ring (bicyclic) bond motifs is 1. The van der Waals surface area contributed by atoms with Gasteiger partial charge in [-0.3, -0.25) is 20.4 Å². The topological polar surface area (TPSA) is 108 Å². The maximum absolute atomic E-state index is 12.4. The van der Waals surface area contributed by atoms with Crippen molar-refractivity contribution >= 4 is 23.2 Å². The third-order valence-corrected chi connectivity index (χ3v) is 5.17. The van der Waals surface area contributed by atoms with Crippen LogP contribution in [0.2, 0.25) is 0 Å². The van der Waals surface area contributed by atoms with Gasteiger partial charge in [0.2, 0.25) is 6.79 Å². The van der Waals surface area contributed by atoms with Gasteiger partial charge in [0.05, 0.1) is 19.8 Å². The first-order valence-corrected chi connectivity index (χ1v) is 9.66. The molecule has 0 saturated carbocycles. The van der Waals surface area contributed by atoms with Gasteiger partial charge in [-0.25, -0.2) is 4.98 Å². The lowest BCUT2D eigenvalue weighted by molar-refractivity contribution is 0.0844. The molecular weight excluding hydrogens is 410 g/mol. The number of methoxy groups -OCH3 is 2. The summed E-state index contributed by atoms with van der Waals surface area (Å²) in [5.74, 6) is 1.09. The number of aromatic nitrogens is 1. The van der Waals surface area contributed by atoms with Crippen LogP contribution in [0, 0.1) is 0 Å². The Bertz CT molecular complexity index is 1110. The Labute approximate surface area is 175 Å². The van der Waals surface area contributed by atoms with E-state index in [1.54, 1.807) is 36.8 Å². The van der Waals surface area contributed by atoms with Gasteiger partial charge in [-0.1, -0.05) is 6.07 Å². The van der Waals surface area contributed by atoms with E-state index in [1.807, 2.05) is 12.1 Å². The summed E-state index contributed by atoms with van der Waals surface area (Å²) in [6.07, 6.45) is 0. The SMILES string of the molecule is COc1cccc(-c2nc(C(=O)NNC(=O)c3ccc4c(c3)OCO4)cs2)c1OC. The Morgan fingerprint density at radius 1 is 1.03 bits per heavy atom. The molecular formula is C20H17N3O6S. The van der Waals surface area contributed by atoms with E-state index in [-0.39, 0.29) is 12.5 Å². The smallest absolute Gasteiger partial charge is 0.289 e. The molecule has 2 N–H and O–H groups in total. The number of ether oxygens (including phenoxy) is 4. The van der Waals surface area contributed by atoms with Crippen LogP contribution >= 0.6 is 11.3 Å². The highest BCUT2D eigenvalue weighted by Crippen LogP contribution is 2.39. The predicted molar refractivity (Wildman–Crippen MR) is 108 cm³/mol. The normalized spacial score (nSPS) is 11.7. The van der Waals surface area contributed by atoms with Gasteiger partial charge in [-0.15, -0.1) is 11.3 Å². The number of carbonyl (C=O) groups is 2. The number of hydrazine groups is 1. The van der Waals surface area contributed by atoms with Gasteiger partial charge in [0.1, 0.15) is 10.7 Å². The molecule has 0 unspecified atom stereocenters. The molecule has 1 aliphatic heterocycles. The van der Waals surface area contributed by atoms with Crippen molar-refractivity contribution < 1.29 is 28.5 Å². The van der Waals surface area contributed by atoms with Crippen molar-refractivity contribution in [3.63, 3.8) is 0 Å². The minimum Gasteiger partial charge on any atom is -0.493 e. The van der Waals surface area contributed by atoms with Crippen molar-refractivity contribution in [3.8, 4) is 33.6 Å². The van der Waals surface area contributed by atoms with Crippen molar-refractivity contribution in [2.75, 3.05) is 21.0 Å². The predicted octanol–water partition coefficient (Wildman–Crippen LogP) is 2.63. The van der Waals surface area contributed by atoms with Gasteiger partial charge < -0.3 is 18.9 Å². The van der Waals surface area contributed by atoms with E-state index in [0.29, 0.717) is 39.1 Å². The number of para-hydroxylation sites is 1. The van der Waals surface area contributed by atoms with Crippen LogP contribution in [0.25, 0.3) is 10.6 Å². The quantitative estimate of drug-likeness (QED) is 0.603. The van der Waals surface area contributed by atoms with Gasteiger partial charge in [0.25, 0.3) is 11.8 Å². The summed E-state index contributed by atoms with van der Waals surface area (Å²) in [6, 6.07) is 10.2. The monoisotopic (exact) mass is 427 g/mol. The average Bonchev–Trinajstić information content (AvgIpc) is 3.45. The fraction of sp³-hybridized carbons (Fsp3) is 0.150. The van der Waals surface area contributed by atoms with Crippen molar-refractivity contribution in [3.05, 3.63) is 53.0 Å². The summed E-state index contributed by atoms with van der Waals surface area (Å²) in [6.45, 7) is 0.112. The van der Waals surface area contributed by atoms with E-state index in [9.17, 15) is 9.59 Å². The number of nitrogens with one attached hydrogen (secondary N) is 2. The first-order chi connectivity index (χ1) is 14.6. The Morgan fingerprint density at radius 3 is 2.63 bits per heavy atom. The van der Waals surface area contributed by atoms with E-state index in [4.69, 9.17) is 18.9 Å². The number of nitrogens with zero attached hydrogens (tertiary/aromatic N) is 1. The molecule has 154 valence electrons. The lowest BCUT2D eigenvalue weighted by atomic mass is 10.2. The second-order valence-electron chi connectivity index (χ2n) is 6.06. The standard InChI is InChI=1S/C20H17N3O6S/c1-26-15-5-3-4-12(17(15)27-2)20-21-13(9-30-20)19(25)23-22-18(24)11-6-7-14-16(8-11)29-10-28-14/h3-9H,10H2,1-2H3,(H,22,24)(H,23,25). The van der Waals surface area contributed by atoms with Crippen molar-refractivity contribution in [1.82, 2.24) is 15.8 Å². The first-order valence-electron chi connectivity index (χ1n) is 8.78. The Balaban J connectivity index is 1.44. The molecule has 4 rings (SSSR count). The summed E-state index contributed by atoms with van der Waals surface area (Å²) in [5.41, 5.74) is 5.90. The lowest BCUT2D eigenvalue weighted by Gasteiger charge is -2.10. The number of amides is 2. The van der Waals surface area contributed by atoms with E-state index in [0.717, 1.165) is 0 Å². The van der Waals surface area contributed by atoms with Gasteiger partial charge in [-0.2, -0.15) is 0 Å². The average molecular weight is 427 g/mol. The van der Waals surface area contributed by atoms with Gasteiger partial charge in [-0.05, 0) is 30.3 Å². The lowest BCUT2D eigenvalue weighted by Crippen LogP contribution is -2.41. The molecule has 0 bridgehead atoms. The molecule has 1 aliphatic rings. The highest BCUT2D eigenvalue weighted by molar-refractivity contribution is 7.13. The van der Waals surface area contributed by atoms with Gasteiger partial charge in [0, 0.05) is 10.9 Å². The van der Waals surface area contributed by atoms with Crippen molar-refractivity contribution in [2.45, 2.75) is 0 Å². The minimum atomic E-state index is -0.548. The molecule has 30 heavy (non-hydrogen) atoms. The van der Waals surface area contributed by atoms with Crippen LogP contribution in [0.3, 0.4) is 0 Å². The van der Waals surface area contributed by atoms with Crippen LogP contribution < -0.4 is 29.8 Å². The molecule has 9 nitrogen and oxygen atoms in total. The molecule has 0 aliphatic carbocycles. The van der Waals surface area contributed by atoms with Crippen LogP contribution in [0.1, 0.15) is 20.8 Å². The van der Waals surface area contributed by atoms with Gasteiger partial charge in [0.15, 0.2) is 23.0 Å². The number of carbonyl (C=O) groups excluding carboxylic acids is 2. The minimum absolute atomic E-state index is 0.112. The highest BCUT2D eigenvalue weighted by atomic mass is 32.1. The van der Waals surface area contributed by atoms with Crippen molar-refractivity contribution in [2.24, 2.45) is 0 Å². The molecule has 2 aromatic carbocycles. The molecule has 2 heterocycles. The molecule has 0 saturated heterocycles. The number of hydrogen-bond acceptors (Lipinski definition) is 8. The maximum atomic E-state index is 12.4. The van der Waals surface area contributed by atoms with Crippen LogP contribution in [0.15, 0.2) is 41.8 Å². The van der Waals surface area contributed by atoms with E-state index in [2.05, 4.69) is 15.8 Å². The largest absolute Gasteiger partial charge is 0.493 e. The Kier molecular flexibility index (Phi) is 5.40. The second-order valence-corrected chi connectivity index (χ2v) is 6.91. The third kappa shape index (κ3) is 3.72. The number of benzene rings is 2.